The normalized spacial score (nSPS) is 17.7. The van der Waals surface area contributed by atoms with Crippen LogP contribution in [0.5, 0.6) is 0 Å². The Bertz CT molecular complexity index is 575. The molecule has 0 spiro atoms. The molecule has 0 bridgehead atoms. The Morgan fingerprint density at radius 1 is 1.10 bits per heavy atom. The number of likely N-dealkylation sites (N-methyl/N-ethyl adjacent to an activating group) is 1. The number of halogens is 1. The second-order valence-corrected chi connectivity index (χ2v) is 6.00. The third kappa shape index (κ3) is 2.48. The molecule has 0 aliphatic heterocycles. The number of hydrogen-bond donors (Lipinski definition) is 1. The molecule has 0 amide bonds. The highest BCUT2D eigenvalue weighted by atomic mass is 35.5. The predicted molar refractivity (Wildman–Crippen MR) is 85.2 cm³/mol. The molecule has 1 unspecified atom stereocenters. The first-order valence-corrected chi connectivity index (χ1v) is 7.68. The SMILES string of the molecule is CCNC(c1cccc(Cl)c1)C1(c2ccccc2)CC1. The largest absolute Gasteiger partial charge is 0.309 e. The molecule has 3 rings (SSSR count). The lowest BCUT2D eigenvalue weighted by atomic mass is 9.84. The van der Waals surface area contributed by atoms with Crippen molar-refractivity contribution in [3.8, 4) is 0 Å². The fraction of sp³-hybridized carbons (Fsp3) is 0.333. The fourth-order valence-electron chi connectivity index (χ4n) is 3.17. The zero-order valence-electron chi connectivity index (χ0n) is 11.8. The van der Waals surface area contributed by atoms with Crippen molar-refractivity contribution in [1.29, 1.82) is 0 Å². The van der Waals surface area contributed by atoms with E-state index in [4.69, 9.17) is 11.6 Å². The summed E-state index contributed by atoms with van der Waals surface area (Å²) < 4.78 is 0. The third-order valence-electron chi connectivity index (χ3n) is 4.28. The molecule has 1 saturated carbocycles. The lowest BCUT2D eigenvalue weighted by molar-refractivity contribution is 0.439. The van der Waals surface area contributed by atoms with Gasteiger partial charge < -0.3 is 5.32 Å². The summed E-state index contributed by atoms with van der Waals surface area (Å²) >= 11 is 6.18. The van der Waals surface area contributed by atoms with Crippen LogP contribution >= 0.6 is 11.6 Å². The molecule has 0 aromatic heterocycles. The highest BCUT2D eigenvalue weighted by Gasteiger charge is 2.50. The van der Waals surface area contributed by atoms with E-state index in [1.807, 2.05) is 12.1 Å². The summed E-state index contributed by atoms with van der Waals surface area (Å²) in [7, 11) is 0. The molecule has 2 heteroatoms. The quantitative estimate of drug-likeness (QED) is 0.838. The van der Waals surface area contributed by atoms with Crippen LogP contribution in [0.15, 0.2) is 54.6 Å². The molecule has 1 nitrogen and oxygen atoms in total. The smallest absolute Gasteiger partial charge is 0.0418 e. The Morgan fingerprint density at radius 2 is 1.85 bits per heavy atom. The van der Waals surface area contributed by atoms with Crippen LogP contribution < -0.4 is 5.32 Å². The zero-order chi connectivity index (χ0) is 14.0. The van der Waals surface area contributed by atoms with Gasteiger partial charge in [-0.1, -0.05) is 61.0 Å². The first-order chi connectivity index (χ1) is 9.76. The van der Waals surface area contributed by atoms with Crippen molar-refractivity contribution in [2.24, 2.45) is 0 Å². The summed E-state index contributed by atoms with van der Waals surface area (Å²) in [6.45, 7) is 3.13. The van der Waals surface area contributed by atoms with E-state index in [-0.39, 0.29) is 5.41 Å². The molecule has 0 saturated heterocycles. The highest BCUT2D eigenvalue weighted by Crippen LogP contribution is 2.56. The monoisotopic (exact) mass is 285 g/mol. The van der Waals surface area contributed by atoms with Gasteiger partial charge in [0.05, 0.1) is 0 Å². The Morgan fingerprint density at radius 3 is 2.45 bits per heavy atom. The fourth-order valence-corrected chi connectivity index (χ4v) is 3.37. The second kappa shape index (κ2) is 5.59. The van der Waals surface area contributed by atoms with Gasteiger partial charge in [-0.25, -0.2) is 0 Å². The first kappa shape index (κ1) is 13.7. The van der Waals surface area contributed by atoms with E-state index < -0.39 is 0 Å². The average molecular weight is 286 g/mol. The summed E-state index contributed by atoms with van der Waals surface area (Å²) in [5.74, 6) is 0. The first-order valence-electron chi connectivity index (χ1n) is 7.30. The van der Waals surface area contributed by atoms with Gasteiger partial charge in [-0.2, -0.15) is 0 Å². The van der Waals surface area contributed by atoms with E-state index in [2.05, 4.69) is 54.7 Å². The van der Waals surface area contributed by atoms with Gasteiger partial charge in [0.25, 0.3) is 0 Å². The van der Waals surface area contributed by atoms with Crippen molar-refractivity contribution in [3.05, 3.63) is 70.7 Å². The van der Waals surface area contributed by atoms with E-state index in [0.717, 1.165) is 11.6 Å². The van der Waals surface area contributed by atoms with Crippen LogP contribution in [-0.2, 0) is 5.41 Å². The molecule has 1 aliphatic carbocycles. The molecule has 1 atom stereocenters. The molecular formula is C18H20ClN. The van der Waals surface area contributed by atoms with Crippen LogP contribution in [0.25, 0.3) is 0 Å². The van der Waals surface area contributed by atoms with Crippen LogP contribution in [0.3, 0.4) is 0 Å². The van der Waals surface area contributed by atoms with E-state index in [9.17, 15) is 0 Å². The molecule has 0 heterocycles. The zero-order valence-corrected chi connectivity index (χ0v) is 12.5. The van der Waals surface area contributed by atoms with Crippen LogP contribution in [0, 0.1) is 0 Å². The van der Waals surface area contributed by atoms with E-state index in [0.29, 0.717) is 6.04 Å². The summed E-state index contributed by atoms with van der Waals surface area (Å²) in [6.07, 6.45) is 2.47. The highest BCUT2D eigenvalue weighted by molar-refractivity contribution is 6.30. The number of nitrogens with one attached hydrogen (secondary N) is 1. The van der Waals surface area contributed by atoms with Crippen molar-refractivity contribution in [2.75, 3.05) is 6.54 Å². The minimum absolute atomic E-state index is 0.238. The number of benzene rings is 2. The van der Waals surface area contributed by atoms with Crippen molar-refractivity contribution in [3.63, 3.8) is 0 Å². The van der Waals surface area contributed by atoms with Crippen LogP contribution in [0.4, 0.5) is 0 Å². The van der Waals surface area contributed by atoms with Gasteiger partial charge in [-0.15, -0.1) is 0 Å². The number of rotatable bonds is 5. The third-order valence-corrected chi connectivity index (χ3v) is 4.52. The molecule has 2 aromatic carbocycles. The van der Waals surface area contributed by atoms with Crippen molar-refractivity contribution < 1.29 is 0 Å². The Balaban J connectivity index is 1.99. The van der Waals surface area contributed by atoms with Gasteiger partial charge in [-0.3, -0.25) is 0 Å². The Hall–Kier alpha value is -1.31. The lowest BCUT2D eigenvalue weighted by Crippen LogP contribution is -2.32. The molecule has 1 aliphatic rings. The summed E-state index contributed by atoms with van der Waals surface area (Å²) in [4.78, 5) is 0. The summed E-state index contributed by atoms with van der Waals surface area (Å²) in [6, 6.07) is 19.5. The van der Waals surface area contributed by atoms with Crippen LogP contribution in [0.2, 0.25) is 5.02 Å². The molecule has 104 valence electrons. The van der Waals surface area contributed by atoms with Gasteiger partial charge in [0, 0.05) is 16.5 Å². The Kier molecular flexibility index (Phi) is 3.82. The molecule has 0 radical (unpaired) electrons. The topological polar surface area (TPSA) is 12.0 Å². The van der Waals surface area contributed by atoms with Crippen molar-refractivity contribution >= 4 is 11.6 Å². The standard InChI is InChI=1S/C18H20ClN/c1-2-20-17(14-7-6-10-16(19)13-14)18(11-12-18)15-8-4-3-5-9-15/h3-10,13,17,20H,2,11-12H2,1H3. The minimum Gasteiger partial charge on any atom is -0.309 e. The maximum Gasteiger partial charge on any atom is 0.0418 e. The van der Waals surface area contributed by atoms with Crippen LogP contribution in [-0.4, -0.2) is 6.54 Å². The van der Waals surface area contributed by atoms with Crippen molar-refractivity contribution in [1.82, 2.24) is 5.32 Å². The maximum absolute atomic E-state index is 6.18. The molecule has 1 N–H and O–H groups in total. The minimum atomic E-state index is 0.238. The molecule has 20 heavy (non-hydrogen) atoms. The molecular weight excluding hydrogens is 266 g/mol. The van der Waals surface area contributed by atoms with Gasteiger partial charge in [0.2, 0.25) is 0 Å². The second-order valence-electron chi connectivity index (χ2n) is 5.57. The van der Waals surface area contributed by atoms with Gasteiger partial charge >= 0.3 is 0 Å². The lowest BCUT2D eigenvalue weighted by Gasteiger charge is -2.29. The van der Waals surface area contributed by atoms with Crippen LogP contribution in [0.1, 0.15) is 36.9 Å². The predicted octanol–water partition coefficient (Wildman–Crippen LogP) is 4.72. The van der Waals surface area contributed by atoms with E-state index >= 15 is 0 Å². The van der Waals surface area contributed by atoms with Gasteiger partial charge in [0.1, 0.15) is 0 Å². The van der Waals surface area contributed by atoms with Gasteiger partial charge in [-0.05, 0) is 42.6 Å². The number of hydrogen-bond acceptors (Lipinski definition) is 1. The molecule has 1 fully saturated rings. The van der Waals surface area contributed by atoms with E-state index in [1.165, 1.54) is 24.0 Å². The van der Waals surface area contributed by atoms with Crippen molar-refractivity contribution in [2.45, 2.75) is 31.2 Å². The van der Waals surface area contributed by atoms with Gasteiger partial charge in [0.15, 0.2) is 0 Å². The maximum atomic E-state index is 6.18. The Labute approximate surface area is 126 Å². The average Bonchev–Trinajstić information content (AvgIpc) is 3.27. The van der Waals surface area contributed by atoms with E-state index in [1.54, 1.807) is 0 Å². The molecule has 2 aromatic rings. The summed E-state index contributed by atoms with van der Waals surface area (Å²) in [5, 5.41) is 4.48. The summed E-state index contributed by atoms with van der Waals surface area (Å²) in [5.41, 5.74) is 2.97.